The Morgan fingerprint density at radius 3 is 2.47 bits per heavy atom. The topological polar surface area (TPSA) is 75.3 Å². The van der Waals surface area contributed by atoms with E-state index in [1.54, 1.807) is 20.8 Å². The van der Waals surface area contributed by atoms with Crippen LogP contribution in [-0.4, -0.2) is 25.1 Å². The van der Waals surface area contributed by atoms with Crippen molar-refractivity contribution in [2.75, 3.05) is 0 Å². The van der Waals surface area contributed by atoms with E-state index in [4.69, 9.17) is 0 Å². The lowest BCUT2D eigenvalue weighted by Crippen LogP contribution is -2.47. The number of amides is 1. The molecule has 2 N–H and O–H groups in total. The van der Waals surface area contributed by atoms with Crippen LogP contribution in [0.1, 0.15) is 76.5 Å². The lowest BCUT2D eigenvalue weighted by atomic mass is 9.85. The molecule has 1 unspecified atom stereocenters. The SMILES string of the molecule is CC(C)(C)S(=O)(=O)NC1CCC(C(=O)NC2C3=C(CCC=C3)c3ccccc32)CC1. The fourth-order valence-electron chi connectivity index (χ4n) is 4.72. The first-order chi connectivity index (χ1) is 14.2. The standard InChI is InChI=1S/C24H32N2O3S/c1-24(2,3)30(28,29)26-17-14-12-16(13-15-17)23(27)25-22-20-10-6-4-8-18(20)19-9-5-7-11-21(19)22/h4,6-8,10-11,16-17,22,26H,5,9,12-15H2,1-3H3,(H,25,27). The number of sulfonamides is 1. The molecule has 0 saturated heterocycles. The van der Waals surface area contributed by atoms with E-state index in [0.717, 1.165) is 12.8 Å². The van der Waals surface area contributed by atoms with Gasteiger partial charge in [0.1, 0.15) is 0 Å². The zero-order valence-corrected chi connectivity index (χ0v) is 18.9. The van der Waals surface area contributed by atoms with Gasteiger partial charge in [0.25, 0.3) is 0 Å². The number of fused-ring (bicyclic) bond motifs is 2. The highest BCUT2D eigenvalue weighted by Crippen LogP contribution is 2.45. The number of allylic oxidation sites excluding steroid dienone is 2. The molecule has 1 amide bonds. The minimum atomic E-state index is -3.36. The number of hydrogen-bond acceptors (Lipinski definition) is 3. The molecule has 1 aromatic carbocycles. The van der Waals surface area contributed by atoms with Gasteiger partial charge in [0.15, 0.2) is 0 Å². The van der Waals surface area contributed by atoms with Crippen LogP contribution in [0.2, 0.25) is 0 Å². The predicted octanol–water partition coefficient (Wildman–Crippen LogP) is 4.24. The summed E-state index contributed by atoms with van der Waals surface area (Å²) in [6, 6.07) is 8.21. The van der Waals surface area contributed by atoms with Gasteiger partial charge in [-0.25, -0.2) is 13.1 Å². The van der Waals surface area contributed by atoms with Gasteiger partial charge in [0.05, 0.1) is 10.8 Å². The molecule has 3 aliphatic rings. The third-order valence-corrected chi connectivity index (χ3v) is 8.88. The predicted molar refractivity (Wildman–Crippen MR) is 120 cm³/mol. The van der Waals surface area contributed by atoms with Crippen molar-refractivity contribution < 1.29 is 13.2 Å². The summed E-state index contributed by atoms with van der Waals surface area (Å²) in [5.74, 6) is 0.0180. The summed E-state index contributed by atoms with van der Waals surface area (Å²) in [6.07, 6.45) is 9.23. The molecule has 5 nitrogen and oxygen atoms in total. The lowest BCUT2D eigenvalue weighted by molar-refractivity contribution is -0.126. The monoisotopic (exact) mass is 428 g/mol. The smallest absolute Gasteiger partial charge is 0.223 e. The third-order valence-electron chi connectivity index (χ3n) is 6.63. The molecule has 0 bridgehead atoms. The third kappa shape index (κ3) is 4.00. The molecule has 1 atom stereocenters. The van der Waals surface area contributed by atoms with E-state index in [1.165, 1.54) is 22.3 Å². The molecule has 30 heavy (non-hydrogen) atoms. The zero-order valence-electron chi connectivity index (χ0n) is 18.1. The van der Waals surface area contributed by atoms with Crippen molar-refractivity contribution in [3.05, 3.63) is 53.1 Å². The Morgan fingerprint density at radius 1 is 1.07 bits per heavy atom. The van der Waals surface area contributed by atoms with Crippen LogP contribution in [0.25, 0.3) is 5.57 Å². The van der Waals surface area contributed by atoms with Gasteiger partial charge in [-0.1, -0.05) is 36.4 Å². The van der Waals surface area contributed by atoms with Crippen molar-refractivity contribution in [3.63, 3.8) is 0 Å². The minimum Gasteiger partial charge on any atom is -0.345 e. The largest absolute Gasteiger partial charge is 0.345 e. The second kappa shape index (κ2) is 7.97. The van der Waals surface area contributed by atoms with Crippen LogP contribution < -0.4 is 10.0 Å². The van der Waals surface area contributed by atoms with Gasteiger partial charge in [0.2, 0.25) is 15.9 Å². The van der Waals surface area contributed by atoms with E-state index in [9.17, 15) is 13.2 Å². The lowest BCUT2D eigenvalue weighted by Gasteiger charge is -2.31. The van der Waals surface area contributed by atoms with Gasteiger partial charge in [0, 0.05) is 12.0 Å². The second-order valence-corrected chi connectivity index (χ2v) is 12.2. The molecule has 1 aromatic rings. The molecule has 1 saturated carbocycles. The van der Waals surface area contributed by atoms with E-state index in [-0.39, 0.29) is 23.9 Å². The molecule has 0 aliphatic heterocycles. The highest BCUT2D eigenvalue weighted by Gasteiger charge is 2.36. The second-order valence-electron chi connectivity index (χ2n) is 9.69. The average molecular weight is 429 g/mol. The maximum Gasteiger partial charge on any atom is 0.223 e. The van der Waals surface area contributed by atoms with Gasteiger partial charge in [-0.2, -0.15) is 0 Å². The van der Waals surface area contributed by atoms with Gasteiger partial charge < -0.3 is 5.32 Å². The van der Waals surface area contributed by atoms with Crippen molar-refractivity contribution in [1.82, 2.24) is 10.0 Å². The Hall–Kier alpha value is -1.92. The first kappa shape index (κ1) is 21.3. The summed E-state index contributed by atoms with van der Waals surface area (Å²) in [5, 5.41) is 3.30. The number of carbonyl (C=O) groups is 1. The molecule has 6 heteroatoms. The van der Waals surface area contributed by atoms with Crippen LogP contribution in [0.15, 0.2) is 42.0 Å². The van der Waals surface area contributed by atoms with E-state index >= 15 is 0 Å². The molecule has 0 aromatic heterocycles. The van der Waals surface area contributed by atoms with Gasteiger partial charge in [-0.3, -0.25) is 4.79 Å². The minimum absolute atomic E-state index is 0.0650. The van der Waals surface area contributed by atoms with Crippen molar-refractivity contribution in [2.45, 2.75) is 76.1 Å². The van der Waals surface area contributed by atoms with Crippen LogP contribution in [-0.2, 0) is 14.8 Å². The Morgan fingerprint density at radius 2 is 1.77 bits per heavy atom. The number of rotatable bonds is 4. The number of hydrogen-bond donors (Lipinski definition) is 2. The van der Waals surface area contributed by atoms with Crippen LogP contribution >= 0.6 is 0 Å². The van der Waals surface area contributed by atoms with Crippen molar-refractivity contribution in [1.29, 1.82) is 0 Å². The summed E-state index contributed by atoms with van der Waals surface area (Å²) < 4.78 is 26.8. The number of carbonyl (C=O) groups excluding carboxylic acids is 1. The fourth-order valence-corrected chi connectivity index (χ4v) is 5.75. The summed E-state index contributed by atoms with van der Waals surface area (Å²) in [4.78, 5) is 13.1. The van der Waals surface area contributed by atoms with E-state index in [0.29, 0.717) is 25.7 Å². The molecule has 0 spiro atoms. The highest BCUT2D eigenvalue weighted by molar-refractivity contribution is 7.90. The van der Waals surface area contributed by atoms with Crippen LogP contribution in [0.4, 0.5) is 0 Å². The Balaban J connectivity index is 1.40. The quantitative estimate of drug-likeness (QED) is 0.753. The first-order valence-electron chi connectivity index (χ1n) is 11.0. The number of benzene rings is 1. The Bertz CT molecular complexity index is 994. The van der Waals surface area contributed by atoms with Crippen molar-refractivity contribution in [3.8, 4) is 0 Å². The summed E-state index contributed by atoms with van der Waals surface area (Å²) in [7, 11) is -3.36. The van der Waals surface area contributed by atoms with E-state index < -0.39 is 14.8 Å². The fraction of sp³-hybridized carbons (Fsp3) is 0.542. The molecule has 162 valence electrons. The van der Waals surface area contributed by atoms with Crippen LogP contribution in [0, 0.1) is 5.92 Å². The zero-order chi connectivity index (χ0) is 21.5. The van der Waals surface area contributed by atoms with Gasteiger partial charge in [-0.15, -0.1) is 0 Å². The molecule has 0 heterocycles. The summed E-state index contributed by atoms with van der Waals surface area (Å²) in [6.45, 7) is 5.11. The maximum absolute atomic E-state index is 13.1. The highest BCUT2D eigenvalue weighted by atomic mass is 32.2. The number of nitrogens with one attached hydrogen (secondary N) is 2. The van der Waals surface area contributed by atoms with Crippen molar-refractivity contribution in [2.24, 2.45) is 5.92 Å². The first-order valence-corrected chi connectivity index (χ1v) is 12.5. The molecular formula is C24H32N2O3S. The van der Waals surface area contributed by atoms with Crippen LogP contribution in [0.5, 0.6) is 0 Å². The molecule has 0 radical (unpaired) electrons. The average Bonchev–Trinajstić information content (AvgIpc) is 3.02. The molecule has 1 fully saturated rings. The Kier molecular flexibility index (Phi) is 5.66. The normalized spacial score (nSPS) is 26.3. The van der Waals surface area contributed by atoms with Crippen molar-refractivity contribution >= 4 is 21.5 Å². The van der Waals surface area contributed by atoms with Crippen LogP contribution in [0.3, 0.4) is 0 Å². The van der Waals surface area contributed by atoms with E-state index in [2.05, 4.69) is 40.4 Å². The molecule has 3 aliphatic carbocycles. The molecule has 4 rings (SSSR count). The van der Waals surface area contributed by atoms with E-state index in [1.807, 2.05) is 6.07 Å². The van der Waals surface area contributed by atoms with Gasteiger partial charge in [-0.05, 0) is 81.6 Å². The maximum atomic E-state index is 13.1. The molecular weight excluding hydrogens is 396 g/mol. The summed E-state index contributed by atoms with van der Waals surface area (Å²) >= 11 is 0. The summed E-state index contributed by atoms with van der Waals surface area (Å²) in [5.41, 5.74) is 5.04. The van der Waals surface area contributed by atoms with Gasteiger partial charge >= 0.3 is 0 Å². The Labute approximate surface area is 180 Å².